The molecule has 1 N–H and O–H groups in total. The van der Waals surface area contributed by atoms with Crippen molar-refractivity contribution >= 4 is 28.3 Å². The largest absolute Gasteiger partial charge is 0.365 e. The maximum absolute atomic E-state index is 6.37. The van der Waals surface area contributed by atoms with E-state index in [0.29, 0.717) is 11.7 Å². The SMILES string of the molecule is CC1(C)O[C@H]2[C@H](O1)[C@@H](C#Cc1cccs1)O[C@H]2n1cnc2c(NC3CCCC3)ncnc21. The van der Waals surface area contributed by atoms with Gasteiger partial charge in [0.2, 0.25) is 0 Å². The molecule has 0 radical (unpaired) electrons. The van der Waals surface area contributed by atoms with Crippen molar-refractivity contribution < 1.29 is 14.2 Å². The minimum atomic E-state index is -0.708. The summed E-state index contributed by atoms with van der Waals surface area (Å²) in [7, 11) is 0. The fourth-order valence-electron chi connectivity index (χ4n) is 4.82. The van der Waals surface area contributed by atoms with Crippen LogP contribution in [-0.4, -0.2) is 49.7 Å². The average molecular weight is 452 g/mol. The molecule has 166 valence electrons. The maximum Gasteiger partial charge on any atom is 0.167 e. The molecular weight excluding hydrogens is 426 g/mol. The normalized spacial score (nSPS) is 29.2. The molecule has 6 rings (SSSR count). The van der Waals surface area contributed by atoms with E-state index in [9.17, 15) is 0 Å². The summed E-state index contributed by atoms with van der Waals surface area (Å²) in [6.07, 6.45) is 6.69. The van der Waals surface area contributed by atoms with Crippen molar-refractivity contribution in [3.05, 3.63) is 35.0 Å². The lowest BCUT2D eigenvalue weighted by molar-refractivity contribution is -0.190. The van der Waals surface area contributed by atoms with E-state index >= 15 is 0 Å². The number of anilines is 1. The molecular formula is C23H25N5O3S. The molecule has 5 heterocycles. The number of nitrogens with one attached hydrogen (secondary N) is 1. The second-order valence-corrected chi connectivity index (χ2v) is 9.88. The molecule has 9 heteroatoms. The van der Waals surface area contributed by atoms with Gasteiger partial charge in [0.15, 0.2) is 29.0 Å². The number of imidazole rings is 1. The summed E-state index contributed by atoms with van der Waals surface area (Å²) in [6.45, 7) is 3.84. The molecule has 3 aromatic rings. The predicted octanol–water partition coefficient (Wildman–Crippen LogP) is 3.71. The molecule has 32 heavy (non-hydrogen) atoms. The zero-order valence-corrected chi connectivity index (χ0v) is 18.8. The molecule has 1 aliphatic carbocycles. The lowest BCUT2D eigenvalue weighted by atomic mass is 10.1. The highest BCUT2D eigenvalue weighted by molar-refractivity contribution is 7.10. The van der Waals surface area contributed by atoms with Gasteiger partial charge in [-0.3, -0.25) is 4.57 Å². The average Bonchev–Trinajstić information content (AvgIpc) is 3.56. The number of fused-ring (bicyclic) bond motifs is 2. The Labute approximate surface area is 190 Å². The number of nitrogens with zero attached hydrogens (tertiary/aromatic N) is 4. The fourth-order valence-corrected chi connectivity index (χ4v) is 5.39. The van der Waals surface area contributed by atoms with Gasteiger partial charge in [0.05, 0.1) is 11.2 Å². The first-order chi connectivity index (χ1) is 15.6. The first kappa shape index (κ1) is 20.1. The van der Waals surface area contributed by atoms with Crippen molar-refractivity contribution in [1.29, 1.82) is 0 Å². The Morgan fingerprint density at radius 2 is 2.00 bits per heavy atom. The van der Waals surface area contributed by atoms with Gasteiger partial charge in [0.25, 0.3) is 0 Å². The van der Waals surface area contributed by atoms with Gasteiger partial charge in [-0.2, -0.15) is 0 Å². The van der Waals surface area contributed by atoms with E-state index < -0.39 is 18.1 Å². The Kier molecular flexibility index (Phi) is 4.91. The number of hydrogen-bond acceptors (Lipinski definition) is 8. The first-order valence-electron chi connectivity index (χ1n) is 11.1. The van der Waals surface area contributed by atoms with Crippen molar-refractivity contribution in [3.63, 3.8) is 0 Å². The number of hydrogen-bond donors (Lipinski definition) is 1. The van der Waals surface area contributed by atoms with Crippen LogP contribution in [0.1, 0.15) is 50.6 Å². The van der Waals surface area contributed by atoms with E-state index in [-0.39, 0.29) is 12.2 Å². The molecule has 3 fully saturated rings. The molecule has 0 spiro atoms. The van der Waals surface area contributed by atoms with Gasteiger partial charge in [0.1, 0.15) is 24.6 Å². The summed E-state index contributed by atoms with van der Waals surface area (Å²) in [5.41, 5.74) is 1.45. The second kappa shape index (κ2) is 7.81. The van der Waals surface area contributed by atoms with Crippen molar-refractivity contribution in [2.45, 2.75) is 75.9 Å². The quantitative estimate of drug-likeness (QED) is 0.608. The summed E-state index contributed by atoms with van der Waals surface area (Å²) in [5, 5.41) is 5.56. The van der Waals surface area contributed by atoms with Crippen molar-refractivity contribution in [2.75, 3.05) is 5.32 Å². The molecule has 1 saturated carbocycles. The summed E-state index contributed by atoms with van der Waals surface area (Å²) in [5.74, 6) is 6.52. The number of aromatic nitrogens is 4. The van der Waals surface area contributed by atoms with Gasteiger partial charge in [-0.15, -0.1) is 11.3 Å². The maximum atomic E-state index is 6.37. The number of thiophene rings is 1. The Balaban J connectivity index is 1.33. The van der Waals surface area contributed by atoms with Crippen molar-refractivity contribution in [2.24, 2.45) is 0 Å². The molecule has 2 aliphatic heterocycles. The fraction of sp³-hybridized carbons (Fsp3) is 0.522. The smallest absolute Gasteiger partial charge is 0.167 e. The van der Waals surface area contributed by atoms with Crippen LogP contribution in [0.3, 0.4) is 0 Å². The minimum Gasteiger partial charge on any atom is -0.365 e. The van der Waals surface area contributed by atoms with Crippen LogP contribution in [0.25, 0.3) is 11.2 Å². The summed E-state index contributed by atoms with van der Waals surface area (Å²) in [6, 6.07) is 4.42. The zero-order chi connectivity index (χ0) is 21.7. The topological polar surface area (TPSA) is 83.3 Å². The van der Waals surface area contributed by atoms with Crippen molar-refractivity contribution in [3.8, 4) is 11.8 Å². The van der Waals surface area contributed by atoms with E-state index in [1.807, 2.05) is 35.9 Å². The summed E-state index contributed by atoms with van der Waals surface area (Å²) in [4.78, 5) is 14.6. The van der Waals surface area contributed by atoms with E-state index in [1.54, 1.807) is 24.0 Å². The van der Waals surface area contributed by atoms with Gasteiger partial charge >= 0.3 is 0 Å². The van der Waals surface area contributed by atoms with E-state index in [4.69, 9.17) is 14.2 Å². The number of rotatable bonds is 3. The lowest BCUT2D eigenvalue weighted by Gasteiger charge is -2.23. The Hall–Kier alpha value is -2.51. The molecule has 2 saturated heterocycles. The van der Waals surface area contributed by atoms with Gasteiger partial charge in [-0.25, -0.2) is 15.0 Å². The van der Waals surface area contributed by atoms with Crippen LogP contribution in [0.2, 0.25) is 0 Å². The Bertz CT molecular complexity index is 1180. The molecule has 0 aromatic carbocycles. The van der Waals surface area contributed by atoms with Crippen LogP contribution in [-0.2, 0) is 14.2 Å². The molecule has 4 atom stereocenters. The standard InChI is InChI=1S/C23H25N5O3S/c1-23(2)30-18-16(10-9-15-8-5-11-32-15)29-22(19(18)31-23)28-13-26-17-20(24-12-25-21(17)28)27-14-6-3-4-7-14/h5,8,11-14,16,18-19,22H,3-4,6-7H2,1-2H3,(H,24,25,27)/t16-,18-,19+,22-/m1/s1. The predicted molar refractivity (Wildman–Crippen MR) is 120 cm³/mol. The Morgan fingerprint density at radius 1 is 1.16 bits per heavy atom. The van der Waals surface area contributed by atoms with E-state index in [0.717, 1.165) is 29.1 Å². The van der Waals surface area contributed by atoms with Crippen LogP contribution in [0.15, 0.2) is 30.2 Å². The third-order valence-electron chi connectivity index (χ3n) is 6.22. The first-order valence-corrected chi connectivity index (χ1v) is 12.0. The number of ether oxygens (including phenoxy) is 3. The zero-order valence-electron chi connectivity index (χ0n) is 18.0. The van der Waals surface area contributed by atoms with E-state index in [2.05, 4.69) is 32.1 Å². The molecule has 8 nitrogen and oxygen atoms in total. The molecule has 0 bridgehead atoms. The van der Waals surface area contributed by atoms with Crippen LogP contribution in [0.5, 0.6) is 0 Å². The van der Waals surface area contributed by atoms with Gasteiger partial charge in [0, 0.05) is 6.04 Å². The van der Waals surface area contributed by atoms with Gasteiger partial charge in [-0.1, -0.05) is 30.7 Å². The van der Waals surface area contributed by atoms with Gasteiger partial charge < -0.3 is 19.5 Å². The van der Waals surface area contributed by atoms with Crippen LogP contribution >= 0.6 is 11.3 Å². The van der Waals surface area contributed by atoms with Crippen LogP contribution < -0.4 is 5.32 Å². The molecule has 3 aliphatic rings. The highest BCUT2D eigenvalue weighted by atomic mass is 32.1. The molecule has 3 aromatic heterocycles. The summed E-state index contributed by atoms with van der Waals surface area (Å²) < 4.78 is 20.7. The van der Waals surface area contributed by atoms with Gasteiger partial charge in [-0.05, 0) is 38.1 Å². The highest BCUT2D eigenvalue weighted by Gasteiger charge is 2.56. The van der Waals surface area contributed by atoms with Crippen LogP contribution in [0.4, 0.5) is 5.82 Å². The third kappa shape index (κ3) is 3.57. The lowest BCUT2D eigenvalue weighted by Crippen LogP contribution is -2.28. The van der Waals surface area contributed by atoms with Crippen molar-refractivity contribution in [1.82, 2.24) is 19.5 Å². The summed E-state index contributed by atoms with van der Waals surface area (Å²) >= 11 is 1.61. The molecule has 0 amide bonds. The highest BCUT2D eigenvalue weighted by Crippen LogP contribution is 2.43. The van der Waals surface area contributed by atoms with Crippen LogP contribution in [0, 0.1) is 11.8 Å². The second-order valence-electron chi connectivity index (χ2n) is 8.93. The Morgan fingerprint density at radius 3 is 2.81 bits per heavy atom. The third-order valence-corrected chi connectivity index (χ3v) is 7.00. The monoisotopic (exact) mass is 451 g/mol. The van der Waals surface area contributed by atoms with E-state index in [1.165, 1.54) is 12.8 Å². The minimum absolute atomic E-state index is 0.294. The molecule has 0 unspecified atom stereocenters.